The van der Waals surface area contributed by atoms with Gasteiger partial charge in [-0.1, -0.05) is 0 Å². The number of aliphatic hydroxyl groups excluding tert-OH is 1. The highest BCUT2D eigenvalue weighted by molar-refractivity contribution is 7.47. The van der Waals surface area contributed by atoms with Crippen molar-refractivity contribution in [3.05, 3.63) is 33.3 Å². The highest BCUT2D eigenvalue weighted by Gasteiger charge is 2.68. The first-order valence-electron chi connectivity index (χ1n) is 14.7. The van der Waals surface area contributed by atoms with E-state index in [-0.39, 0.29) is 22.7 Å². The van der Waals surface area contributed by atoms with Gasteiger partial charge >= 0.3 is 15.6 Å². The van der Waals surface area contributed by atoms with Crippen LogP contribution in [0.4, 0.5) is 11.8 Å². The molecule has 3 unspecified atom stereocenters. The predicted molar refractivity (Wildman–Crippen MR) is 164 cm³/mol. The van der Waals surface area contributed by atoms with Gasteiger partial charge in [0.25, 0.3) is 5.56 Å². The maximum absolute atomic E-state index is 13.7. The molecule has 0 radical (unpaired) electrons. The molecular formula is C25H30N8O12P2S. The monoisotopic (exact) mass is 728 g/mol. The number of nitrogens with one attached hydrogen (secondary N) is 1. The standard InChI is InChI=1S/C25H30N8O12P2S/c1-40-16-11-4-41-46(36,37)45-20-15(34)14(33-8-30-13-21(26)28-7-29-22(13)33)10-2-3-25(10,20)6-42-47(38,39)44-17(16)18(43-11)19-12-9(5-48-19)23(35)32-24(27)31-12/h5,7-8,10-11,14-18,20,34H,2-4,6H2,1H3,(H,36,37)(H,38,39)(H2,26,28,29)(H3,27,31,32,35)/t10-,11-,14-,15+,16-,17-,18-,20+,25?/m1/s1. The summed E-state index contributed by atoms with van der Waals surface area (Å²) in [6.07, 6.45) is -4.19. The first-order valence-corrected chi connectivity index (χ1v) is 18.6. The molecule has 2 saturated heterocycles. The molecule has 0 aromatic carbocycles. The Bertz CT molecular complexity index is 2080. The molecule has 6 heterocycles. The molecule has 8 N–H and O–H groups in total. The number of hydrogen-bond donors (Lipinski definition) is 6. The number of rotatable bonds is 3. The second kappa shape index (κ2) is 11.3. The minimum atomic E-state index is -4.96. The third-order valence-electron chi connectivity index (χ3n) is 9.76. The molecule has 8 rings (SSSR count). The maximum atomic E-state index is 13.7. The van der Waals surface area contributed by atoms with Crippen molar-refractivity contribution < 1.29 is 51.6 Å². The summed E-state index contributed by atoms with van der Waals surface area (Å²) in [6, 6.07) is -0.810. The molecule has 2 aliphatic carbocycles. The first kappa shape index (κ1) is 32.3. The van der Waals surface area contributed by atoms with Crippen molar-refractivity contribution in [2.75, 3.05) is 31.8 Å². The zero-order chi connectivity index (χ0) is 33.7. The van der Waals surface area contributed by atoms with E-state index in [2.05, 4.69) is 24.9 Å². The summed E-state index contributed by atoms with van der Waals surface area (Å²) < 4.78 is 63.1. The normalized spacial score (nSPS) is 40.1. The van der Waals surface area contributed by atoms with Crippen LogP contribution in [0.15, 0.2) is 22.8 Å². The zero-order valence-electron chi connectivity index (χ0n) is 24.9. The van der Waals surface area contributed by atoms with Crippen LogP contribution in [0.3, 0.4) is 0 Å². The van der Waals surface area contributed by atoms with Crippen LogP contribution in [0.5, 0.6) is 0 Å². The number of anilines is 2. The van der Waals surface area contributed by atoms with Gasteiger partial charge in [0, 0.05) is 17.9 Å². The Morgan fingerprint density at radius 3 is 2.69 bits per heavy atom. The molecule has 23 heteroatoms. The van der Waals surface area contributed by atoms with Gasteiger partial charge in [-0.2, -0.15) is 0 Å². The van der Waals surface area contributed by atoms with Gasteiger partial charge < -0.3 is 40.4 Å². The smallest absolute Gasteiger partial charge is 0.388 e. The van der Waals surface area contributed by atoms with Crippen molar-refractivity contribution in [1.29, 1.82) is 0 Å². The highest BCUT2D eigenvalue weighted by Crippen LogP contribution is 2.67. The van der Waals surface area contributed by atoms with E-state index in [1.807, 2.05) is 0 Å². The van der Waals surface area contributed by atoms with Crippen molar-refractivity contribution in [2.24, 2.45) is 11.3 Å². The van der Waals surface area contributed by atoms with Crippen LogP contribution in [0.25, 0.3) is 22.1 Å². The molecule has 2 bridgehead atoms. The van der Waals surface area contributed by atoms with E-state index in [0.29, 0.717) is 28.9 Å². The molecular weight excluding hydrogens is 698 g/mol. The van der Waals surface area contributed by atoms with Crippen molar-refractivity contribution in [2.45, 2.75) is 55.5 Å². The number of imidazole rings is 1. The van der Waals surface area contributed by atoms with E-state index in [0.717, 1.165) is 11.3 Å². The number of methoxy groups -OCH3 is 1. The quantitative estimate of drug-likeness (QED) is 0.159. The van der Waals surface area contributed by atoms with Gasteiger partial charge in [0.15, 0.2) is 11.5 Å². The third-order valence-corrected chi connectivity index (χ3v) is 12.7. The number of thiophene rings is 1. The number of nitrogen functional groups attached to an aromatic ring is 2. The average Bonchev–Trinajstić information content (AvgIpc) is 3.75. The van der Waals surface area contributed by atoms with E-state index < -0.39 is 88.4 Å². The molecule has 2 saturated carbocycles. The Morgan fingerprint density at radius 2 is 1.94 bits per heavy atom. The van der Waals surface area contributed by atoms with Gasteiger partial charge in [-0.25, -0.2) is 29.1 Å². The summed E-state index contributed by atoms with van der Waals surface area (Å²) in [7, 11) is -8.62. The van der Waals surface area contributed by atoms with Crippen molar-refractivity contribution in [3.8, 4) is 0 Å². The summed E-state index contributed by atoms with van der Waals surface area (Å²) in [5.41, 5.74) is 10.8. The number of aromatic amines is 1. The fraction of sp³-hybridized carbons (Fsp3) is 0.560. The number of hydrogen-bond acceptors (Lipinski definition) is 17. The number of fused-ring (bicyclic) bond motifs is 4. The molecule has 0 amide bonds. The maximum Gasteiger partial charge on any atom is 0.472 e. The first-order chi connectivity index (χ1) is 22.8. The summed E-state index contributed by atoms with van der Waals surface area (Å²) in [5.74, 6) is -0.542. The number of aromatic nitrogens is 6. The van der Waals surface area contributed by atoms with Crippen LogP contribution in [0.1, 0.15) is 29.9 Å². The SMILES string of the molecule is CO[C@H]1[C@H]2OP(=O)(O)OCC34CC[C@@H]3[C@@H](n3cnc5c(N)ncnc53)[C@H](O)[C@@H]4OP(=O)(O)OC[C@H]1O[C@H]2c1scc2c(=O)[nH]c(N)nc12. The molecule has 4 fully saturated rings. The molecule has 4 aromatic rings. The molecule has 1 spiro atoms. The number of nitrogens with zero attached hydrogens (tertiary/aromatic N) is 5. The number of phosphoric acid groups is 2. The minimum absolute atomic E-state index is 0.120. The third kappa shape index (κ3) is 4.96. The lowest BCUT2D eigenvalue weighted by molar-refractivity contribution is -0.101. The van der Waals surface area contributed by atoms with Gasteiger partial charge in [0.2, 0.25) is 5.95 Å². The van der Waals surface area contributed by atoms with Gasteiger partial charge in [-0.3, -0.25) is 27.9 Å². The van der Waals surface area contributed by atoms with Gasteiger partial charge in [-0.15, -0.1) is 11.3 Å². The number of nitrogens with two attached hydrogens (primary N) is 2. The van der Waals surface area contributed by atoms with Crippen molar-refractivity contribution >= 4 is 60.8 Å². The molecule has 2 aliphatic heterocycles. The van der Waals surface area contributed by atoms with E-state index >= 15 is 0 Å². The van der Waals surface area contributed by atoms with Gasteiger partial charge in [-0.05, 0) is 18.8 Å². The topological polar surface area (TPSA) is 292 Å². The van der Waals surface area contributed by atoms with Gasteiger partial charge in [0.05, 0.1) is 41.4 Å². The molecule has 4 aliphatic rings. The van der Waals surface area contributed by atoms with Crippen LogP contribution in [-0.4, -0.2) is 95.2 Å². The lowest BCUT2D eigenvalue weighted by Gasteiger charge is -2.48. The van der Waals surface area contributed by atoms with Crippen LogP contribution in [0.2, 0.25) is 0 Å². The van der Waals surface area contributed by atoms with E-state index in [1.165, 1.54) is 25.1 Å². The van der Waals surface area contributed by atoms with E-state index in [1.54, 1.807) is 4.57 Å². The summed E-state index contributed by atoms with van der Waals surface area (Å²) in [4.78, 5) is 54.1. The Morgan fingerprint density at radius 1 is 1.15 bits per heavy atom. The second-order valence-corrected chi connectivity index (χ2v) is 15.9. The van der Waals surface area contributed by atoms with E-state index in [9.17, 15) is 28.8 Å². The molecule has 11 atom stereocenters. The lowest BCUT2D eigenvalue weighted by Crippen LogP contribution is -2.50. The zero-order valence-corrected chi connectivity index (χ0v) is 27.5. The summed E-state index contributed by atoms with van der Waals surface area (Å²) in [5, 5.41) is 13.4. The minimum Gasteiger partial charge on any atom is -0.388 e. The largest absolute Gasteiger partial charge is 0.472 e. The number of aliphatic hydroxyl groups is 1. The van der Waals surface area contributed by atoms with Gasteiger partial charge in [0.1, 0.15) is 48.5 Å². The lowest BCUT2D eigenvalue weighted by atomic mass is 9.60. The Kier molecular flexibility index (Phi) is 7.61. The Balaban J connectivity index is 1.17. The van der Waals surface area contributed by atoms with Crippen LogP contribution >= 0.6 is 27.0 Å². The van der Waals surface area contributed by atoms with E-state index in [4.69, 9.17) is 39.0 Å². The fourth-order valence-electron chi connectivity index (χ4n) is 7.56. The summed E-state index contributed by atoms with van der Waals surface area (Å²) >= 11 is 1.07. The average molecular weight is 729 g/mol. The van der Waals surface area contributed by atoms with Crippen LogP contribution in [-0.2, 0) is 36.7 Å². The molecule has 20 nitrogen and oxygen atoms in total. The number of ether oxygens (including phenoxy) is 2. The predicted octanol–water partition coefficient (Wildman–Crippen LogP) is 0.774. The number of phosphoric ester groups is 2. The van der Waals surface area contributed by atoms with Crippen molar-refractivity contribution in [3.63, 3.8) is 0 Å². The molecule has 48 heavy (non-hydrogen) atoms. The van der Waals surface area contributed by atoms with Crippen LogP contribution < -0.4 is 17.0 Å². The highest BCUT2D eigenvalue weighted by atomic mass is 32.1. The van der Waals surface area contributed by atoms with Crippen LogP contribution in [0, 0.1) is 11.3 Å². The van der Waals surface area contributed by atoms with Crippen molar-refractivity contribution in [1.82, 2.24) is 29.5 Å². The molecule has 4 aromatic heterocycles. The molecule has 258 valence electrons. The Labute approximate surface area is 273 Å². The Hall–Kier alpha value is -2.91. The summed E-state index contributed by atoms with van der Waals surface area (Å²) in [6.45, 7) is -1.11. The fourth-order valence-corrected chi connectivity index (χ4v) is 10.6. The second-order valence-electron chi connectivity index (χ2n) is 12.2. The number of H-pyrrole nitrogens is 1.